The lowest BCUT2D eigenvalue weighted by atomic mass is 10.00. The summed E-state index contributed by atoms with van der Waals surface area (Å²) in [6.45, 7) is 3.00. The molecule has 9 nitrogen and oxygen atoms in total. The third-order valence-corrected chi connectivity index (χ3v) is 6.32. The van der Waals surface area contributed by atoms with Gasteiger partial charge in [0, 0.05) is 0 Å². The van der Waals surface area contributed by atoms with E-state index in [9.17, 15) is 24.2 Å². The van der Waals surface area contributed by atoms with Gasteiger partial charge >= 0.3 is 15.2 Å². The predicted octanol–water partition coefficient (Wildman–Crippen LogP) is -0.531. The minimum absolute atomic E-state index is 0.0827. The van der Waals surface area contributed by atoms with E-state index < -0.39 is 52.1 Å². The van der Waals surface area contributed by atoms with Crippen LogP contribution in [0.5, 0.6) is 0 Å². The van der Waals surface area contributed by atoms with Crippen molar-refractivity contribution in [1.82, 2.24) is 0 Å². The zero-order valence-electron chi connectivity index (χ0n) is 11.1. The van der Waals surface area contributed by atoms with Crippen molar-refractivity contribution in [3.63, 3.8) is 0 Å². The third kappa shape index (κ3) is 5.18. The summed E-state index contributed by atoms with van der Waals surface area (Å²) in [5, 5.41) is 19.5. The van der Waals surface area contributed by atoms with E-state index in [0.717, 1.165) is 0 Å². The maximum Gasteiger partial charge on any atom is 0.340 e. The van der Waals surface area contributed by atoms with Gasteiger partial charge in [0.25, 0.3) is 0 Å². The second-order valence-electron chi connectivity index (χ2n) is 5.10. The molecule has 1 heterocycles. The van der Waals surface area contributed by atoms with E-state index in [0.29, 0.717) is 0 Å². The highest BCUT2D eigenvalue weighted by molar-refractivity contribution is 7.70. The monoisotopic (exact) mass is 334 g/mol. The summed E-state index contributed by atoms with van der Waals surface area (Å²) in [5.74, 6) is -1.39. The Balaban J connectivity index is 2.58. The van der Waals surface area contributed by atoms with Crippen molar-refractivity contribution in [2.24, 2.45) is 5.92 Å². The summed E-state index contributed by atoms with van der Waals surface area (Å²) < 4.78 is 32.0. The van der Waals surface area contributed by atoms with Crippen LogP contribution in [0.25, 0.3) is 0 Å². The molecule has 0 aromatic carbocycles. The van der Waals surface area contributed by atoms with Crippen LogP contribution in [0.4, 0.5) is 0 Å². The second kappa shape index (κ2) is 6.52. The standard InChI is InChI=1S/C9H20O9P2/c1-5(2)9-8(11)7(10)6(18-9)3-17-20(15,16)4-19(12,13)14/h5-11H,3-4H2,1-2H3,(H,15,16)(H2,12,13,14)/t6-,7?,8?,9+/m1/s1. The zero-order chi connectivity index (χ0) is 15.7. The molecule has 1 aliphatic heterocycles. The van der Waals surface area contributed by atoms with E-state index in [2.05, 4.69) is 4.52 Å². The van der Waals surface area contributed by atoms with Gasteiger partial charge in [-0.2, -0.15) is 0 Å². The lowest BCUT2D eigenvalue weighted by molar-refractivity contribution is -0.0337. The van der Waals surface area contributed by atoms with Gasteiger partial charge < -0.3 is 34.2 Å². The maximum absolute atomic E-state index is 11.4. The average Bonchev–Trinajstić information content (AvgIpc) is 2.50. The molecule has 0 bridgehead atoms. The topological polar surface area (TPSA) is 154 Å². The fourth-order valence-electron chi connectivity index (χ4n) is 1.93. The summed E-state index contributed by atoms with van der Waals surface area (Å²) in [5.41, 5.74) is 0. The van der Waals surface area contributed by atoms with Gasteiger partial charge in [-0.1, -0.05) is 13.8 Å². The van der Waals surface area contributed by atoms with Gasteiger partial charge in [0.05, 0.1) is 12.7 Å². The van der Waals surface area contributed by atoms with Crippen LogP contribution in [0.15, 0.2) is 0 Å². The molecular formula is C9H20O9P2. The number of aliphatic hydroxyl groups excluding tert-OH is 2. The summed E-state index contributed by atoms with van der Waals surface area (Å²) in [4.78, 5) is 26.5. The van der Waals surface area contributed by atoms with Crippen molar-refractivity contribution in [1.29, 1.82) is 0 Å². The Bertz CT molecular complexity index is 420. The molecule has 5 N–H and O–H groups in total. The van der Waals surface area contributed by atoms with Crippen LogP contribution in [0.1, 0.15) is 13.8 Å². The van der Waals surface area contributed by atoms with Crippen molar-refractivity contribution >= 4 is 15.2 Å². The molecule has 0 radical (unpaired) electrons. The summed E-state index contributed by atoms with van der Waals surface area (Å²) in [6.07, 6.45) is -4.12. The number of aliphatic hydroxyl groups is 2. The van der Waals surface area contributed by atoms with E-state index in [1.54, 1.807) is 13.8 Å². The number of hydrogen-bond donors (Lipinski definition) is 5. The number of hydrogen-bond acceptors (Lipinski definition) is 6. The van der Waals surface area contributed by atoms with E-state index >= 15 is 0 Å². The van der Waals surface area contributed by atoms with Gasteiger partial charge in [0.1, 0.15) is 18.3 Å². The van der Waals surface area contributed by atoms with Crippen LogP contribution in [0.2, 0.25) is 0 Å². The van der Waals surface area contributed by atoms with Crippen LogP contribution in [-0.4, -0.2) is 61.8 Å². The first kappa shape index (κ1) is 18.2. The molecule has 0 aromatic heterocycles. The highest BCUT2D eigenvalue weighted by Crippen LogP contribution is 2.55. The average molecular weight is 334 g/mol. The Morgan fingerprint density at radius 1 is 1.15 bits per heavy atom. The fraction of sp³-hybridized carbons (Fsp3) is 1.00. The molecule has 0 aromatic rings. The molecule has 120 valence electrons. The minimum atomic E-state index is -4.69. The molecule has 0 aliphatic carbocycles. The van der Waals surface area contributed by atoms with Crippen molar-refractivity contribution in [3.8, 4) is 0 Å². The Labute approximate surface area is 116 Å². The molecule has 1 aliphatic rings. The first-order valence-corrected chi connectivity index (χ1v) is 9.51. The van der Waals surface area contributed by atoms with Gasteiger partial charge in [-0.15, -0.1) is 0 Å². The molecule has 11 heteroatoms. The van der Waals surface area contributed by atoms with Crippen LogP contribution >= 0.6 is 15.2 Å². The zero-order valence-corrected chi connectivity index (χ0v) is 12.9. The Morgan fingerprint density at radius 2 is 1.70 bits per heavy atom. The fourth-order valence-corrected chi connectivity index (χ4v) is 4.50. The lowest BCUT2D eigenvalue weighted by Crippen LogP contribution is -2.35. The maximum atomic E-state index is 11.4. The van der Waals surface area contributed by atoms with Crippen LogP contribution < -0.4 is 0 Å². The smallest absolute Gasteiger partial charge is 0.340 e. The Hall–Kier alpha value is 0.180. The third-order valence-electron chi connectivity index (χ3n) is 2.86. The molecular weight excluding hydrogens is 314 g/mol. The van der Waals surface area contributed by atoms with Gasteiger partial charge in [-0.3, -0.25) is 9.13 Å². The minimum Gasteiger partial charge on any atom is -0.388 e. The van der Waals surface area contributed by atoms with Gasteiger partial charge in [-0.25, -0.2) is 0 Å². The Morgan fingerprint density at radius 3 is 2.10 bits per heavy atom. The summed E-state index contributed by atoms with van der Waals surface area (Å²) >= 11 is 0. The number of rotatable bonds is 6. The molecule has 20 heavy (non-hydrogen) atoms. The van der Waals surface area contributed by atoms with Crippen molar-refractivity contribution in [2.45, 2.75) is 38.3 Å². The molecule has 1 rings (SSSR count). The molecule has 1 fully saturated rings. The van der Waals surface area contributed by atoms with E-state index in [1.807, 2.05) is 0 Å². The van der Waals surface area contributed by atoms with Gasteiger partial charge in [-0.05, 0) is 5.92 Å². The normalized spacial score (nSPS) is 34.4. The molecule has 0 saturated carbocycles. The largest absolute Gasteiger partial charge is 0.388 e. The van der Waals surface area contributed by atoms with Gasteiger partial charge in [0.2, 0.25) is 0 Å². The first-order valence-electron chi connectivity index (χ1n) is 5.95. The summed E-state index contributed by atoms with van der Waals surface area (Å²) in [6, 6.07) is 0. The summed E-state index contributed by atoms with van der Waals surface area (Å²) in [7, 11) is -9.19. The molecule has 1 saturated heterocycles. The quantitative estimate of drug-likeness (QED) is 0.403. The van der Waals surface area contributed by atoms with Crippen LogP contribution in [0, 0.1) is 5.92 Å². The lowest BCUT2D eigenvalue weighted by Gasteiger charge is -2.18. The van der Waals surface area contributed by atoms with Crippen molar-refractivity contribution in [2.75, 3.05) is 12.5 Å². The highest BCUT2D eigenvalue weighted by Gasteiger charge is 2.45. The highest BCUT2D eigenvalue weighted by atomic mass is 31.2. The molecule has 3 unspecified atom stereocenters. The van der Waals surface area contributed by atoms with Crippen LogP contribution in [-0.2, 0) is 18.4 Å². The molecule has 0 spiro atoms. The van der Waals surface area contributed by atoms with Crippen LogP contribution in [0.3, 0.4) is 0 Å². The van der Waals surface area contributed by atoms with E-state index in [-0.39, 0.29) is 5.92 Å². The SMILES string of the molecule is CC(C)[C@@H]1O[C@H](COP(=O)(O)CP(=O)(O)O)C(O)C1O. The number of ether oxygens (including phenoxy) is 1. The van der Waals surface area contributed by atoms with E-state index in [1.165, 1.54) is 0 Å². The van der Waals surface area contributed by atoms with Gasteiger partial charge in [0.15, 0.2) is 5.90 Å². The molecule has 0 amide bonds. The molecule has 5 atom stereocenters. The second-order valence-corrected chi connectivity index (χ2v) is 9.10. The van der Waals surface area contributed by atoms with Crippen molar-refractivity contribution in [3.05, 3.63) is 0 Å². The first-order chi connectivity index (χ1) is 8.93. The van der Waals surface area contributed by atoms with E-state index in [4.69, 9.17) is 14.5 Å². The Kier molecular flexibility index (Phi) is 5.94. The van der Waals surface area contributed by atoms with Crippen molar-refractivity contribution < 1.29 is 43.3 Å². The predicted molar refractivity (Wildman–Crippen MR) is 68.2 cm³/mol.